The second kappa shape index (κ2) is 8.73. The summed E-state index contributed by atoms with van der Waals surface area (Å²) < 4.78 is 14.4. The molecular weight excluding hydrogens is 310 g/mol. The van der Waals surface area contributed by atoms with Crippen LogP contribution >= 0.6 is 0 Å². The summed E-state index contributed by atoms with van der Waals surface area (Å²) in [6, 6.07) is 8.96. The van der Waals surface area contributed by atoms with Crippen LogP contribution in [0.25, 0.3) is 0 Å². The van der Waals surface area contributed by atoms with Crippen LogP contribution in [0.5, 0.6) is 0 Å². The van der Waals surface area contributed by atoms with Gasteiger partial charge in [-0.05, 0) is 26.0 Å². The average Bonchev–Trinajstić information content (AvgIpc) is 2.56. The number of carbonyl (C=O) groups is 1. The number of hydrogen-bond donors (Lipinski definition) is 1. The Kier molecular flexibility index (Phi) is 6.39. The van der Waals surface area contributed by atoms with E-state index in [1.807, 2.05) is 32.2 Å². The van der Waals surface area contributed by atoms with Gasteiger partial charge in [-0.1, -0.05) is 5.16 Å². The minimum atomic E-state index is -0.363. The van der Waals surface area contributed by atoms with Gasteiger partial charge >= 0.3 is 5.97 Å². The number of aromatic nitrogens is 2. The largest absolute Gasteiger partial charge is 0.459 e. The number of ether oxygens (including phenoxy) is 2. The second-order valence-electron chi connectivity index (χ2n) is 5.36. The molecule has 126 valence electrons. The summed E-state index contributed by atoms with van der Waals surface area (Å²) in [5.74, 6) is -0.363. The molecule has 0 saturated carbocycles. The summed E-state index contributed by atoms with van der Waals surface area (Å²) >= 11 is 0. The predicted octanol–water partition coefficient (Wildman–Crippen LogP) is 1.27. The fraction of sp³-hybridized carbons (Fsp3) is 0.294. The van der Waals surface area contributed by atoms with E-state index in [1.54, 1.807) is 39.7 Å². The molecule has 2 heterocycles. The fourth-order valence-electron chi connectivity index (χ4n) is 2.03. The molecule has 0 bridgehead atoms. The van der Waals surface area contributed by atoms with Gasteiger partial charge in [0.1, 0.15) is 11.8 Å². The highest BCUT2D eigenvalue weighted by molar-refractivity contribution is 5.88. The van der Waals surface area contributed by atoms with Gasteiger partial charge in [-0.25, -0.2) is 4.79 Å². The van der Waals surface area contributed by atoms with Gasteiger partial charge in [-0.2, -0.15) is 9.13 Å². The third-order valence-corrected chi connectivity index (χ3v) is 3.07. The standard InChI is InChI=1S/C17H20N3O4/c1-14(2)24-17(21)15-6-5-8-19(11-15)12-23-13-20-9-4-3-7-16(20)10-18-22/h3-11,14H,12-13H2,1-2H3/q+1/p+1. The van der Waals surface area contributed by atoms with Gasteiger partial charge in [0, 0.05) is 18.2 Å². The maximum absolute atomic E-state index is 11.9. The Hall–Kier alpha value is -2.80. The minimum Gasteiger partial charge on any atom is -0.459 e. The van der Waals surface area contributed by atoms with Gasteiger partial charge in [-0.15, -0.1) is 0 Å². The first-order valence-electron chi connectivity index (χ1n) is 7.54. The van der Waals surface area contributed by atoms with Gasteiger partial charge in [0.15, 0.2) is 18.6 Å². The van der Waals surface area contributed by atoms with E-state index in [0.717, 1.165) is 0 Å². The summed E-state index contributed by atoms with van der Waals surface area (Å²) in [6.45, 7) is 4.15. The van der Waals surface area contributed by atoms with Crippen LogP contribution in [0.2, 0.25) is 0 Å². The zero-order valence-electron chi connectivity index (χ0n) is 13.7. The molecule has 0 fully saturated rings. The maximum atomic E-state index is 11.9. The number of hydrogen-bond acceptors (Lipinski definition) is 5. The SMILES string of the molecule is CC(C)OC(=O)c1ccc[n+](COC[n+]2ccccc2C=NO)c1. The quantitative estimate of drug-likeness (QED) is 0.272. The van der Waals surface area contributed by atoms with Crippen molar-refractivity contribution in [1.29, 1.82) is 0 Å². The molecule has 2 rings (SSSR count). The number of carbonyl (C=O) groups excluding carboxylic acids is 1. The van der Waals surface area contributed by atoms with Crippen molar-refractivity contribution in [3.8, 4) is 0 Å². The molecule has 0 amide bonds. The molecule has 7 nitrogen and oxygen atoms in total. The first-order chi connectivity index (χ1) is 11.6. The highest BCUT2D eigenvalue weighted by Crippen LogP contribution is 2.01. The van der Waals surface area contributed by atoms with Gasteiger partial charge in [0.2, 0.25) is 5.69 Å². The molecule has 2 aromatic rings. The lowest BCUT2D eigenvalue weighted by Gasteiger charge is -2.06. The van der Waals surface area contributed by atoms with Crippen molar-refractivity contribution >= 4 is 12.2 Å². The molecule has 0 radical (unpaired) electrons. The summed E-state index contributed by atoms with van der Waals surface area (Å²) in [5.41, 5.74) is 1.18. The van der Waals surface area contributed by atoms with Crippen LogP contribution < -0.4 is 9.13 Å². The van der Waals surface area contributed by atoms with Crippen molar-refractivity contribution in [3.05, 3.63) is 60.2 Å². The van der Waals surface area contributed by atoms with Crippen molar-refractivity contribution in [2.75, 3.05) is 0 Å². The van der Waals surface area contributed by atoms with E-state index in [9.17, 15) is 4.79 Å². The van der Waals surface area contributed by atoms with E-state index in [2.05, 4.69) is 5.16 Å². The van der Waals surface area contributed by atoms with E-state index in [4.69, 9.17) is 14.7 Å². The van der Waals surface area contributed by atoms with Crippen LogP contribution in [0.3, 0.4) is 0 Å². The molecule has 24 heavy (non-hydrogen) atoms. The van der Waals surface area contributed by atoms with Crippen LogP contribution in [-0.4, -0.2) is 23.5 Å². The molecule has 0 aliphatic rings. The Morgan fingerprint density at radius 3 is 2.83 bits per heavy atom. The minimum absolute atomic E-state index is 0.163. The highest BCUT2D eigenvalue weighted by atomic mass is 16.5. The van der Waals surface area contributed by atoms with Crippen LogP contribution in [-0.2, 0) is 22.9 Å². The Morgan fingerprint density at radius 2 is 2.08 bits per heavy atom. The normalized spacial score (nSPS) is 11.1. The van der Waals surface area contributed by atoms with E-state index in [1.165, 1.54) is 6.21 Å². The predicted molar refractivity (Wildman–Crippen MR) is 84.3 cm³/mol. The van der Waals surface area contributed by atoms with E-state index in [-0.39, 0.29) is 25.5 Å². The van der Waals surface area contributed by atoms with Gasteiger partial charge < -0.3 is 9.94 Å². The molecule has 2 aromatic heterocycles. The zero-order valence-corrected chi connectivity index (χ0v) is 13.7. The summed E-state index contributed by atoms with van der Waals surface area (Å²) in [6.07, 6.45) is 6.47. The van der Waals surface area contributed by atoms with Crippen LogP contribution in [0.1, 0.15) is 29.9 Å². The fourth-order valence-corrected chi connectivity index (χ4v) is 2.03. The Labute approximate surface area is 140 Å². The smallest absolute Gasteiger partial charge is 0.344 e. The zero-order chi connectivity index (χ0) is 17.4. The second-order valence-corrected chi connectivity index (χ2v) is 5.36. The Balaban J connectivity index is 1.97. The molecule has 0 aliphatic carbocycles. The molecule has 0 atom stereocenters. The van der Waals surface area contributed by atoms with Gasteiger partial charge in [0.05, 0.1) is 6.10 Å². The molecule has 0 saturated heterocycles. The number of rotatable bonds is 7. The summed E-state index contributed by atoms with van der Waals surface area (Å²) in [7, 11) is 0. The molecule has 0 aliphatic heterocycles. The van der Waals surface area contributed by atoms with E-state index in [0.29, 0.717) is 11.3 Å². The van der Waals surface area contributed by atoms with Crippen LogP contribution in [0.4, 0.5) is 0 Å². The summed E-state index contributed by atoms with van der Waals surface area (Å²) in [4.78, 5) is 11.9. The van der Waals surface area contributed by atoms with Crippen molar-refractivity contribution < 1.29 is 28.6 Å². The van der Waals surface area contributed by atoms with E-state index < -0.39 is 0 Å². The topological polar surface area (TPSA) is 75.9 Å². The van der Waals surface area contributed by atoms with Crippen molar-refractivity contribution in [2.45, 2.75) is 33.4 Å². The molecule has 7 heteroatoms. The maximum Gasteiger partial charge on any atom is 0.344 e. The first-order valence-corrected chi connectivity index (χ1v) is 7.54. The van der Waals surface area contributed by atoms with Crippen LogP contribution in [0.15, 0.2) is 54.1 Å². The lowest BCUT2D eigenvalue weighted by Crippen LogP contribution is -2.43. The highest BCUT2D eigenvalue weighted by Gasteiger charge is 2.14. The molecule has 1 N–H and O–H groups in total. The lowest BCUT2D eigenvalue weighted by molar-refractivity contribution is -0.788. The van der Waals surface area contributed by atoms with E-state index >= 15 is 0 Å². The Morgan fingerprint density at radius 1 is 1.25 bits per heavy atom. The number of pyridine rings is 2. The van der Waals surface area contributed by atoms with Gasteiger partial charge in [-0.3, -0.25) is 4.74 Å². The number of oxime groups is 1. The third-order valence-electron chi connectivity index (χ3n) is 3.07. The van der Waals surface area contributed by atoms with Crippen molar-refractivity contribution in [3.63, 3.8) is 0 Å². The molecule has 0 unspecified atom stereocenters. The molecule has 0 aromatic carbocycles. The lowest BCUT2D eigenvalue weighted by atomic mass is 10.3. The first kappa shape index (κ1) is 17.6. The number of nitrogens with zero attached hydrogens (tertiary/aromatic N) is 3. The third kappa shape index (κ3) is 5.13. The monoisotopic (exact) mass is 331 g/mol. The summed E-state index contributed by atoms with van der Waals surface area (Å²) in [5, 5.41) is 11.7. The average molecular weight is 331 g/mol. The molecular formula is C17H21N3O4+2. The molecule has 0 spiro atoms. The van der Waals surface area contributed by atoms with Crippen LogP contribution in [0, 0.1) is 0 Å². The Bertz CT molecular complexity index is 716. The number of esters is 1. The van der Waals surface area contributed by atoms with Crippen molar-refractivity contribution in [2.24, 2.45) is 5.16 Å². The van der Waals surface area contributed by atoms with Gasteiger partial charge in [0.25, 0.3) is 13.5 Å². The van der Waals surface area contributed by atoms with Crippen molar-refractivity contribution in [1.82, 2.24) is 0 Å².